The van der Waals surface area contributed by atoms with Crippen molar-refractivity contribution < 1.29 is 13.9 Å². The van der Waals surface area contributed by atoms with Crippen LogP contribution in [0.15, 0.2) is 24.3 Å². The summed E-state index contributed by atoms with van der Waals surface area (Å²) in [5, 5.41) is 0. The van der Waals surface area contributed by atoms with Crippen LogP contribution < -0.4 is 0 Å². The third-order valence-corrected chi connectivity index (χ3v) is 3.89. The first-order valence-corrected chi connectivity index (χ1v) is 7.14. The lowest BCUT2D eigenvalue weighted by atomic mass is 9.97. The van der Waals surface area contributed by atoms with Crippen LogP contribution in [0.2, 0.25) is 0 Å². The van der Waals surface area contributed by atoms with Crippen LogP contribution in [0, 0.1) is 5.92 Å². The molecule has 1 heterocycles. The Balaban J connectivity index is 1.83. The number of halogens is 1. The number of methoxy groups -OCH3 is 1. The van der Waals surface area contributed by atoms with Gasteiger partial charge >= 0.3 is 5.97 Å². The highest BCUT2D eigenvalue weighted by molar-refractivity contribution is 5.72. The van der Waals surface area contributed by atoms with E-state index in [9.17, 15) is 9.18 Å². The fourth-order valence-electron chi connectivity index (χ4n) is 2.77. The van der Waals surface area contributed by atoms with Gasteiger partial charge in [0.05, 0.1) is 13.5 Å². The Labute approximate surface area is 119 Å². The van der Waals surface area contributed by atoms with Crippen LogP contribution in [-0.2, 0) is 22.4 Å². The van der Waals surface area contributed by atoms with Crippen LogP contribution in [0.4, 0.5) is 4.39 Å². The second kappa shape index (κ2) is 7.39. The summed E-state index contributed by atoms with van der Waals surface area (Å²) >= 11 is 0. The van der Waals surface area contributed by atoms with Crippen molar-refractivity contribution in [2.75, 3.05) is 33.4 Å². The molecule has 4 heteroatoms. The Morgan fingerprint density at radius 1 is 1.35 bits per heavy atom. The Kier molecular flexibility index (Phi) is 5.53. The number of esters is 1. The van der Waals surface area contributed by atoms with E-state index in [1.54, 1.807) is 0 Å². The second-order valence-electron chi connectivity index (χ2n) is 5.42. The maximum absolute atomic E-state index is 12.3. The van der Waals surface area contributed by atoms with Gasteiger partial charge in [0.2, 0.25) is 0 Å². The number of rotatable bonds is 6. The van der Waals surface area contributed by atoms with Crippen molar-refractivity contribution in [1.29, 1.82) is 0 Å². The van der Waals surface area contributed by atoms with Crippen LogP contribution in [0.3, 0.4) is 0 Å². The predicted molar refractivity (Wildman–Crippen MR) is 76.4 cm³/mol. The lowest BCUT2D eigenvalue weighted by Gasteiger charge is -2.14. The zero-order valence-corrected chi connectivity index (χ0v) is 12.0. The monoisotopic (exact) mass is 279 g/mol. The van der Waals surface area contributed by atoms with E-state index in [4.69, 9.17) is 0 Å². The maximum Gasteiger partial charge on any atom is 0.309 e. The number of carbonyl (C=O) groups excluding carboxylic acids is 1. The molecule has 0 saturated carbocycles. The van der Waals surface area contributed by atoms with Crippen molar-refractivity contribution in [3.05, 3.63) is 35.4 Å². The van der Waals surface area contributed by atoms with Gasteiger partial charge in [-0.25, -0.2) is 4.39 Å². The number of likely N-dealkylation sites (tertiary alicyclic amines) is 1. The van der Waals surface area contributed by atoms with E-state index in [1.165, 1.54) is 12.7 Å². The first kappa shape index (κ1) is 15.0. The largest absolute Gasteiger partial charge is 0.469 e. The summed E-state index contributed by atoms with van der Waals surface area (Å²) in [5.74, 6) is 0.406. The third kappa shape index (κ3) is 4.30. The molecule has 1 aliphatic rings. The van der Waals surface area contributed by atoms with Crippen molar-refractivity contribution in [1.82, 2.24) is 4.90 Å². The molecule has 0 N–H and O–H groups in total. The van der Waals surface area contributed by atoms with Crippen molar-refractivity contribution in [2.24, 2.45) is 5.92 Å². The smallest absolute Gasteiger partial charge is 0.309 e. The van der Waals surface area contributed by atoms with Crippen LogP contribution in [0.25, 0.3) is 0 Å². The molecule has 0 amide bonds. The van der Waals surface area contributed by atoms with Crippen LogP contribution in [0.5, 0.6) is 0 Å². The number of carbonyl (C=O) groups is 1. The average molecular weight is 279 g/mol. The summed E-state index contributed by atoms with van der Waals surface area (Å²) in [6, 6.07) is 8.13. The molecule has 3 nitrogen and oxygen atoms in total. The topological polar surface area (TPSA) is 29.5 Å². The highest BCUT2D eigenvalue weighted by Crippen LogP contribution is 2.21. The van der Waals surface area contributed by atoms with Crippen LogP contribution >= 0.6 is 0 Å². The van der Waals surface area contributed by atoms with Gasteiger partial charge in [-0.15, -0.1) is 0 Å². The molecule has 1 aromatic carbocycles. The van der Waals surface area contributed by atoms with Crippen LogP contribution in [0.1, 0.15) is 17.5 Å². The second-order valence-corrected chi connectivity index (χ2v) is 5.42. The molecule has 1 fully saturated rings. The standard InChI is InChI=1S/C16H22FNO2/c1-20-16(19)11-14-4-2-13(3-5-14)10-15-6-8-18(12-15)9-7-17/h2-5,15H,6-12H2,1H3. The number of hydrogen-bond donors (Lipinski definition) is 0. The Hall–Kier alpha value is -1.42. The SMILES string of the molecule is COC(=O)Cc1ccc(CC2CCN(CCF)C2)cc1. The molecule has 1 aromatic rings. The molecule has 0 aliphatic carbocycles. The number of nitrogens with zero attached hydrogens (tertiary/aromatic N) is 1. The quantitative estimate of drug-likeness (QED) is 0.748. The highest BCUT2D eigenvalue weighted by Gasteiger charge is 2.22. The summed E-state index contributed by atoms with van der Waals surface area (Å²) in [5.41, 5.74) is 2.26. The number of benzene rings is 1. The zero-order chi connectivity index (χ0) is 14.4. The first-order valence-electron chi connectivity index (χ1n) is 7.14. The molecule has 2 rings (SSSR count). The maximum atomic E-state index is 12.3. The zero-order valence-electron chi connectivity index (χ0n) is 12.0. The number of hydrogen-bond acceptors (Lipinski definition) is 3. The molecule has 0 radical (unpaired) electrons. The summed E-state index contributed by atoms with van der Waals surface area (Å²) in [7, 11) is 1.40. The Morgan fingerprint density at radius 3 is 2.70 bits per heavy atom. The number of ether oxygens (including phenoxy) is 1. The molecular formula is C16H22FNO2. The van der Waals surface area contributed by atoms with E-state index in [2.05, 4.69) is 21.8 Å². The summed E-state index contributed by atoms with van der Waals surface area (Å²) in [4.78, 5) is 13.4. The van der Waals surface area contributed by atoms with Crippen molar-refractivity contribution >= 4 is 5.97 Å². The lowest BCUT2D eigenvalue weighted by molar-refractivity contribution is -0.139. The summed E-state index contributed by atoms with van der Waals surface area (Å²) in [6.07, 6.45) is 2.50. The predicted octanol–water partition coefficient (Wildman–Crippen LogP) is 2.24. The molecule has 0 aromatic heterocycles. The van der Waals surface area contributed by atoms with Crippen molar-refractivity contribution in [3.8, 4) is 0 Å². The molecule has 1 unspecified atom stereocenters. The van der Waals surface area contributed by atoms with Gasteiger partial charge in [-0.1, -0.05) is 24.3 Å². The minimum absolute atomic E-state index is 0.213. The molecule has 0 spiro atoms. The number of alkyl halides is 1. The van der Waals surface area contributed by atoms with E-state index >= 15 is 0 Å². The fraction of sp³-hybridized carbons (Fsp3) is 0.562. The van der Waals surface area contributed by atoms with E-state index in [0.29, 0.717) is 18.9 Å². The van der Waals surface area contributed by atoms with Gasteiger partial charge in [0, 0.05) is 13.1 Å². The van der Waals surface area contributed by atoms with Gasteiger partial charge in [-0.3, -0.25) is 4.79 Å². The van der Waals surface area contributed by atoms with Gasteiger partial charge in [-0.05, 0) is 36.4 Å². The van der Waals surface area contributed by atoms with E-state index in [0.717, 1.165) is 31.5 Å². The average Bonchev–Trinajstić information content (AvgIpc) is 2.88. The van der Waals surface area contributed by atoms with E-state index in [1.807, 2.05) is 12.1 Å². The van der Waals surface area contributed by atoms with Gasteiger partial charge in [0.25, 0.3) is 0 Å². The molecule has 110 valence electrons. The van der Waals surface area contributed by atoms with E-state index < -0.39 is 0 Å². The molecular weight excluding hydrogens is 257 g/mol. The third-order valence-electron chi connectivity index (χ3n) is 3.89. The molecule has 1 aliphatic heterocycles. The minimum atomic E-state index is -0.255. The molecule has 0 bridgehead atoms. The van der Waals surface area contributed by atoms with Gasteiger partial charge in [0.15, 0.2) is 0 Å². The normalized spacial score (nSPS) is 19.2. The first-order chi connectivity index (χ1) is 9.71. The summed E-state index contributed by atoms with van der Waals surface area (Å²) in [6.45, 7) is 2.31. The molecule has 1 saturated heterocycles. The minimum Gasteiger partial charge on any atom is -0.469 e. The van der Waals surface area contributed by atoms with Crippen LogP contribution in [-0.4, -0.2) is 44.3 Å². The van der Waals surface area contributed by atoms with Gasteiger partial charge in [-0.2, -0.15) is 0 Å². The summed E-state index contributed by atoms with van der Waals surface area (Å²) < 4.78 is 16.9. The van der Waals surface area contributed by atoms with Gasteiger partial charge in [0.1, 0.15) is 6.67 Å². The molecule has 1 atom stereocenters. The van der Waals surface area contributed by atoms with Crippen molar-refractivity contribution in [2.45, 2.75) is 19.3 Å². The van der Waals surface area contributed by atoms with Gasteiger partial charge < -0.3 is 9.64 Å². The highest BCUT2D eigenvalue weighted by atomic mass is 19.1. The Morgan fingerprint density at radius 2 is 2.05 bits per heavy atom. The Bertz CT molecular complexity index is 433. The van der Waals surface area contributed by atoms with E-state index in [-0.39, 0.29) is 12.6 Å². The molecule has 20 heavy (non-hydrogen) atoms. The fourth-order valence-corrected chi connectivity index (χ4v) is 2.77. The van der Waals surface area contributed by atoms with Crippen molar-refractivity contribution in [3.63, 3.8) is 0 Å². The lowest BCUT2D eigenvalue weighted by Crippen LogP contribution is -2.23.